The molecule has 1 saturated heterocycles. The van der Waals surface area contributed by atoms with Gasteiger partial charge in [-0.15, -0.1) is 0 Å². The number of rotatable bonds is 8. The van der Waals surface area contributed by atoms with Gasteiger partial charge in [0.15, 0.2) is 0 Å². The molecule has 0 radical (unpaired) electrons. The van der Waals surface area contributed by atoms with Gasteiger partial charge in [-0.25, -0.2) is 4.98 Å². The van der Waals surface area contributed by atoms with E-state index in [4.69, 9.17) is 0 Å². The maximum atomic E-state index is 13.7. The number of anilines is 3. The topological polar surface area (TPSA) is 102 Å². The van der Waals surface area contributed by atoms with Crippen molar-refractivity contribution >= 4 is 29.3 Å². The zero-order valence-corrected chi connectivity index (χ0v) is 23.1. The summed E-state index contributed by atoms with van der Waals surface area (Å²) in [5, 5.41) is 7.26. The lowest BCUT2D eigenvalue weighted by atomic mass is 10.0. The van der Waals surface area contributed by atoms with Crippen molar-refractivity contribution in [2.45, 2.75) is 56.5 Å². The van der Waals surface area contributed by atoms with Gasteiger partial charge >= 0.3 is 12.4 Å². The molecule has 1 aromatic heterocycles. The molecule has 0 bridgehead atoms. The fourth-order valence-corrected chi connectivity index (χ4v) is 5.28. The monoisotopic (exact) mass is 601 g/mol. The zero-order chi connectivity index (χ0) is 30.7. The lowest BCUT2D eigenvalue weighted by molar-refractivity contribution is -0.140. The zero-order valence-electron chi connectivity index (χ0n) is 23.1. The highest BCUT2D eigenvalue weighted by Crippen LogP contribution is 2.37. The molecule has 4 rings (SSSR count). The summed E-state index contributed by atoms with van der Waals surface area (Å²) < 4.78 is 78.9. The fourth-order valence-electron chi connectivity index (χ4n) is 5.28. The Kier molecular flexibility index (Phi) is 9.48. The van der Waals surface area contributed by atoms with E-state index in [-0.39, 0.29) is 30.7 Å². The standard InChI is InChI=1S/C27H33F6N7O2/c1-39-12-10-18(11-13-39)40(2)24(42)16-6-8-17(9-7-16)36-25-34-14-20(27(31,32)33)22(38-25)37-21-5-3-4-19(21)23(41)35-15-26(28,29)30/h6-9,14,18-19,21H,3-5,10-13,15H2,1-2H3,(H,35,41)(H2,34,36,37,38)/t19-,21+/m0/s1. The molecule has 1 saturated carbocycles. The SMILES string of the molecule is CN1CCC(N(C)C(=O)c2ccc(Nc3ncc(C(F)(F)F)c(N[C@@H]4CCC[C@@H]4C(=O)NCC(F)(F)F)n3)cc2)CC1. The second-order valence-corrected chi connectivity index (χ2v) is 10.7. The van der Waals surface area contributed by atoms with Crippen LogP contribution in [0.3, 0.4) is 0 Å². The number of nitrogens with one attached hydrogen (secondary N) is 3. The fraction of sp³-hybridized carbons (Fsp3) is 0.556. The van der Waals surface area contributed by atoms with E-state index >= 15 is 0 Å². The minimum atomic E-state index is -4.82. The third-order valence-electron chi connectivity index (χ3n) is 7.68. The maximum absolute atomic E-state index is 13.7. The number of hydrogen-bond donors (Lipinski definition) is 3. The van der Waals surface area contributed by atoms with Gasteiger partial charge in [-0.1, -0.05) is 6.42 Å². The summed E-state index contributed by atoms with van der Waals surface area (Å²) in [6.45, 7) is 0.285. The van der Waals surface area contributed by atoms with Crippen LogP contribution in [0, 0.1) is 5.92 Å². The van der Waals surface area contributed by atoms with E-state index in [1.807, 2.05) is 12.4 Å². The van der Waals surface area contributed by atoms with Crippen LogP contribution in [0.5, 0.6) is 0 Å². The van der Waals surface area contributed by atoms with Crippen LogP contribution in [0.4, 0.5) is 43.8 Å². The third-order valence-corrected chi connectivity index (χ3v) is 7.68. The predicted octanol–water partition coefficient (Wildman–Crippen LogP) is 4.66. The number of piperidine rings is 1. The van der Waals surface area contributed by atoms with E-state index in [1.165, 1.54) is 0 Å². The van der Waals surface area contributed by atoms with Gasteiger partial charge in [0, 0.05) is 36.6 Å². The number of carbonyl (C=O) groups excluding carboxylic acids is 2. The number of alkyl halides is 6. The van der Waals surface area contributed by atoms with Crippen molar-refractivity contribution in [2.75, 3.05) is 44.4 Å². The highest BCUT2D eigenvalue weighted by atomic mass is 19.4. The number of aromatic nitrogens is 2. The predicted molar refractivity (Wildman–Crippen MR) is 143 cm³/mol. The number of carbonyl (C=O) groups is 2. The van der Waals surface area contributed by atoms with E-state index in [0.29, 0.717) is 23.9 Å². The Labute approximate surface area is 239 Å². The molecule has 9 nitrogen and oxygen atoms in total. The Morgan fingerprint density at radius 1 is 1.02 bits per heavy atom. The lowest BCUT2D eigenvalue weighted by Crippen LogP contribution is -2.44. The first kappa shape index (κ1) is 31.3. The van der Waals surface area contributed by atoms with Crippen molar-refractivity contribution in [2.24, 2.45) is 5.92 Å². The van der Waals surface area contributed by atoms with Crippen LogP contribution in [0.1, 0.15) is 48.0 Å². The van der Waals surface area contributed by atoms with E-state index in [2.05, 4.69) is 25.5 Å². The van der Waals surface area contributed by atoms with Gasteiger partial charge in [-0.05, 0) is 70.1 Å². The Balaban J connectivity index is 1.46. The molecule has 2 aromatic rings. The Hall–Kier alpha value is -3.62. The summed E-state index contributed by atoms with van der Waals surface area (Å²) in [5.41, 5.74) is -0.300. The van der Waals surface area contributed by atoms with Gasteiger partial charge in [-0.2, -0.15) is 31.3 Å². The molecule has 2 amide bonds. The summed E-state index contributed by atoms with van der Waals surface area (Å²) in [4.78, 5) is 37.0. The van der Waals surface area contributed by atoms with E-state index in [1.54, 1.807) is 36.2 Å². The molecule has 15 heteroatoms. The van der Waals surface area contributed by atoms with E-state index < -0.39 is 48.1 Å². The number of benzene rings is 1. The molecule has 1 aromatic carbocycles. The van der Waals surface area contributed by atoms with Crippen LogP contribution in [0.2, 0.25) is 0 Å². The van der Waals surface area contributed by atoms with Crippen molar-refractivity contribution < 1.29 is 35.9 Å². The van der Waals surface area contributed by atoms with Crippen LogP contribution in [-0.2, 0) is 11.0 Å². The molecule has 230 valence electrons. The van der Waals surface area contributed by atoms with Crippen LogP contribution in [0.15, 0.2) is 30.5 Å². The average Bonchev–Trinajstić information content (AvgIpc) is 3.39. The molecule has 3 N–H and O–H groups in total. The summed E-state index contributed by atoms with van der Waals surface area (Å²) in [6, 6.07) is 5.65. The molecule has 2 heterocycles. The average molecular weight is 602 g/mol. The Bertz CT molecular complexity index is 1250. The van der Waals surface area contributed by atoms with Crippen molar-refractivity contribution in [1.82, 2.24) is 25.1 Å². The van der Waals surface area contributed by atoms with Gasteiger partial charge in [0.05, 0.1) is 5.92 Å². The minimum absolute atomic E-state index is 0.133. The van der Waals surface area contributed by atoms with Crippen molar-refractivity contribution in [3.05, 3.63) is 41.6 Å². The summed E-state index contributed by atoms with van der Waals surface area (Å²) >= 11 is 0. The van der Waals surface area contributed by atoms with Crippen molar-refractivity contribution in [1.29, 1.82) is 0 Å². The lowest BCUT2D eigenvalue weighted by Gasteiger charge is -2.35. The normalized spacial score (nSPS) is 20.3. The van der Waals surface area contributed by atoms with E-state index in [0.717, 1.165) is 25.9 Å². The van der Waals surface area contributed by atoms with Crippen LogP contribution in [0.25, 0.3) is 0 Å². The van der Waals surface area contributed by atoms with Crippen molar-refractivity contribution in [3.63, 3.8) is 0 Å². The quantitative estimate of drug-likeness (QED) is 0.378. The molecule has 1 aliphatic heterocycles. The number of amides is 2. The second-order valence-electron chi connectivity index (χ2n) is 10.7. The second kappa shape index (κ2) is 12.7. The van der Waals surface area contributed by atoms with Gasteiger partial charge in [0.1, 0.15) is 17.9 Å². The first-order valence-corrected chi connectivity index (χ1v) is 13.6. The largest absolute Gasteiger partial charge is 0.421 e. The van der Waals surface area contributed by atoms with Crippen LogP contribution < -0.4 is 16.0 Å². The van der Waals surface area contributed by atoms with Crippen molar-refractivity contribution in [3.8, 4) is 0 Å². The number of nitrogens with zero attached hydrogens (tertiary/aromatic N) is 4. The van der Waals surface area contributed by atoms with Gasteiger partial charge in [0.2, 0.25) is 11.9 Å². The summed E-state index contributed by atoms with van der Waals surface area (Å²) in [6.07, 6.45) is -6.15. The third kappa shape index (κ3) is 8.01. The molecule has 2 atom stereocenters. The molecular weight excluding hydrogens is 568 g/mol. The van der Waals surface area contributed by atoms with Gasteiger partial charge in [-0.3, -0.25) is 9.59 Å². The molecule has 42 heavy (non-hydrogen) atoms. The summed E-state index contributed by atoms with van der Waals surface area (Å²) in [5.74, 6) is -2.76. The molecule has 2 aliphatic rings. The smallest absolute Gasteiger partial charge is 0.366 e. The molecular formula is C27H33F6N7O2. The number of hydrogen-bond acceptors (Lipinski definition) is 7. The first-order chi connectivity index (χ1) is 19.7. The first-order valence-electron chi connectivity index (χ1n) is 13.6. The van der Waals surface area contributed by atoms with Gasteiger partial charge < -0.3 is 25.8 Å². The Morgan fingerprint density at radius 2 is 1.69 bits per heavy atom. The Morgan fingerprint density at radius 3 is 2.31 bits per heavy atom. The minimum Gasteiger partial charge on any atom is -0.366 e. The maximum Gasteiger partial charge on any atom is 0.421 e. The summed E-state index contributed by atoms with van der Waals surface area (Å²) in [7, 11) is 3.81. The number of halogens is 6. The highest BCUT2D eigenvalue weighted by Gasteiger charge is 2.39. The molecule has 0 unspecified atom stereocenters. The van der Waals surface area contributed by atoms with Crippen LogP contribution >= 0.6 is 0 Å². The van der Waals surface area contributed by atoms with Gasteiger partial charge in [0.25, 0.3) is 5.91 Å². The number of likely N-dealkylation sites (tertiary alicyclic amines) is 1. The molecule has 0 spiro atoms. The molecule has 1 aliphatic carbocycles. The van der Waals surface area contributed by atoms with E-state index in [9.17, 15) is 35.9 Å². The highest BCUT2D eigenvalue weighted by molar-refractivity contribution is 5.94. The van der Waals surface area contributed by atoms with Crippen LogP contribution in [-0.4, -0.2) is 83.6 Å². The molecule has 2 fully saturated rings.